The molecule has 0 radical (unpaired) electrons. The van der Waals surface area contributed by atoms with Crippen molar-refractivity contribution in [1.29, 1.82) is 0 Å². The number of hydrogen-bond donors (Lipinski definition) is 0. The van der Waals surface area contributed by atoms with Crippen molar-refractivity contribution in [2.45, 2.75) is 12.2 Å². The second-order valence-electron chi connectivity index (χ2n) is 4.98. The minimum Gasteiger partial charge on any atom is -0.425 e. The van der Waals surface area contributed by atoms with E-state index in [9.17, 15) is 4.79 Å². The van der Waals surface area contributed by atoms with Gasteiger partial charge in [-0.25, -0.2) is 4.79 Å². The number of thiophene rings is 1. The van der Waals surface area contributed by atoms with Crippen LogP contribution in [0, 0.1) is 0 Å². The Morgan fingerprint density at radius 1 is 1.19 bits per heavy atom. The molecule has 1 unspecified atom stereocenters. The first-order chi connectivity index (χ1) is 10.2. The van der Waals surface area contributed by atoms with Gasteiger partial charge in [-0.15, -0.1) is 11.3 Å². The molecule has 1 fully saturated rings. The molecule has 1 spiro atoms. The minimum atomic E-state index is -0.912. The van der Waals surface area contributed by atoms with E-state index in [1.807, 2.05) is 41.8 Å². The van der Waals surface area contributed by atoms with Crippen molar-refractivity contribution in [3.05, 3.63) is 57.2 Å². The lowest BCUT2D eigenvalue weighted by Crippen LogP contribution is -2.45. The van der Waals surface area contributed by atoms with Crippen LogP contribution in [0.5, 0.6) is 0 Å². The molecule has 1 saturated heterocycles. The molecule has 0 N–H and O–H groups in total. The zero-order valence-corrected chi connectivity index (χ0v) is 12.5. The van der Waals surface area contributed by atoms with Crippen LogP contribution in [0.1, 0.15) is 16.9 Å². The first-order valence-corrected chi connectivity index (χ1v) is 7.87. The van der Waals surface area contributed by atoms with Crippen LogP contribution in [-0.2, 0) is 14.3 Å². The molecule has 106 valence electrons. The van der Waals surface area contributed by atoms with Gasteiger partial charge in [-0.2, -0.15) is 0 Å². The number of ether oxygens (including phenoxy) is 2. The molecule has 5 heteroatoms. The van der Waals surface area contributed by atoms with Gasteiger partial charge in [0.15, 0.2) is 0 Å². The Hall–Kier alpha value is -1.62. The Labute approximate surface area is 130 Å². The first-order valence-electron chi connectivity index (χ1n) is 6.61. The SMILES string of the molecule is O=C1OC2(CCO2)C(c2ccc(Cl)cc2)=C1c1cccs1. The molecule has 0 aliphatic carbocycles. The Morgan fingerprint density at radius 2 is 1.95 bits per heavy atom. The summed E-state index contributed by atoms with van der Waals surface area (Å²) in [6.07, 6.45) is 0.686. The summed E-state index contributed by atoms with van der Waals surface area (Å²) in [6, 6.07) is 11.3. The van der Waals surface area contributed by atoms with Crippen molar-refractivity contribution in [3.8, 4) is 0 Å². The highest BCUT2D eigenvalue weighted by atomic mass is 35.5. The van der Waals surface area contributed by atoms with Gasteiger partial charge in [-0.1, -0.05) is 29.8 Å². The van der Waals surface area contributed by atoms with Crippen molar-refractivity contribution in [1.82, 2.24) is 0 Å². The smallest absolute Gasteiger partial charge is 0.342 e. The summed E-state index contributed by atoms with van der Waals surface area (Å²) in [7, 11) is 0. The maximum Gasteiger partial charge on any atom is 0.342 e. The van der Waals surface area contributed by atoms with Gasteiger partial charge in [0.25, 0.3) is 0 Å². The lowest BCUT2D eigenvalue weighted by Gasteiger charge is -2.38. The fourth-order valence-corrected chi connectivity index (χ4v) is 3.62. The molecule has 1 atom stereocenters. The Bertz CT molecular complexity index is 727. The predicted molar refractivity (Wildman–Crippen MR) is 82.0 cm³/mol. The lowest BCUT2D eigenvalue weighted by atomic mass is 9.89. The van der Waals surface area contributed by atoms with Crippen LogP contribution in [0.25, 0.3) is 11.1 Å². The standard InChI is InChI=1S/C16H11ClO3S/c17-11-5-3-10(4-6-11)14-13(12-2-1-9-21-12)15(18)20-16(14)7-8-19-16/h1-6,9H,7-8H2. The molecule has 1 aromatic carbocycles. The number of esters is 1. The van der Waals surface area contributed by atoms with Gasteiger partial charge < -0.3 is 9.47 Å². The number of rotatable bonds is 2. The molecule has 0 bridgehead atoms. The second-order valence-corrected chi connectivity index (χ2v) is 6.36. The predicted octanol–water partition coefficient (Wildman–Crippen LogP) is 3.99. The topological polar surface area (TPSA) is 35.5 Å². The third kappa shape index (κ3) is 1.94. The van der Waals surface area contributed by atoms with E-state index >= 15 is 0 Å². The molecular weight excluding hydrogens is 308 g/mol. The molecule has 0 saturated carbocycles. The zero-order chi connectivity index (χ0) is 14.4. The summed E-state index contributed by atoms with van der Waals surface area (Å²) in [5.41, 5.74) is 2.33. The monoisotopic (exact) mass is 318 g/mol. The third-order valence-corrected chi connectivity index (χ3v) is 4.90. The van der Waals surface area contributed by atoms with Crippen LogP contribution in [0.3, 0.4) is 0 Å². The van der Waals surface area contributed by atoms with Crippen LogP contribution in [0.2, 0.25) is 5.02 Å². The number of carbonyl (C=O) groups excluding carboxylic acids is 1. The van der Waals surface area contributed by atoms with Gasteiger partial charge in [-0.05, 0) is 29.1 Å². The number of halogens is 1. The van der Waals surface area contributed by atoms with E-state index in [0.717, 1.165) is 16.0 Å². The van der Waals surface area contributed by atoms with Gasteiger partial charge in [-0.3, -0.25) is 0 Å². The molecule has 2 aliphatic rings. The fourth-order valence-electron chi connectivity index (χ4n) is 2.73. The van der Waals surface area contributed by atoms with Crippen LogP contribution >= 0.6 is 22.9 Å². The maximum absolute atomic E-state index is 12.4. The van der Waals surface area contributed by atoms with E-state index in [1.54, 1.807) is 0 Å². The Balaban J connectivity index is 1.94. The molecule has 21 heavy (non-hydrogen) atoms. The van der Waals surface area contributed by atoms with E-state index < -0.39 is 5.79 Å². The Morgan fingerprint density at radius 3 is 2.52 bits per heavy atom. The first kappa shape index (κ1) is 13.1. The molecule has 3 nitrogen and oxygen atoms in total. The normalized spacial score (nSPS) is 24.3. The van der Waals surface area contributed by atoms with Crippen LogP contribution in [-0.4, -0.2) is 18.4 Å². The zero-order valence-electron chi connectivity index (χ0n) is 11.0. The average molecular weight is 319 g/mol. The van der Waals surface area contributed by atoms with Crippen LogP contribution < -0.4 is 0 Å². The second kappa shape index (κ2) is 4.70. The third-order valence-electron chi connectivity index (χ3n) is 3.76. The van der Waals surface area contributed by atoms with Crippen molar-refractivity contribution >= 4 is 40.1 Å². The molecule has 2 aliphatic heterocycles. The molecular formula is C16H11ClO3S. The highest BCUT2D eigenvalue weighted by Crippen LogP contribution is 2.51. The van der Waals surface area contributed by atoms with Crippen LogP contribution in [0.4, 0.5) is 0 Å². The summed E-state index contributed by atoms with van der Waals surface area (Å²) in [5, 5.41) is 2.60. The van der Waals surface area contributed by atoms with Crippen molar-refractivity contribution in [2.75, 3.05) is 6.61 Å². The average Bonchev–Trinajstić information content (AvgIpc) is 3.04. The summed E-state index contributed by atoms with van der Waals surface area (Å²) in [4.78, 5) is 13.3. The van der Waals surface area contributed by atoms with E-state index in [2.05, 4.69) is 0 Å². The Kier molecular flexibility index (Phi) is 2.92. The highest BCUT2D eigenvalue weighted by Gasteiger charge is 2.54. The summed E-state index contributed by atoms with van der Waals surface area (Å²) >= 11 is 7.48. The number of hydrogen-bond acceptors (Lipinski definition) is 4. The van der Waals surface area contributed by atoms with Crippen molar-refractivity contribution in [3.63, 3.8) is 0 Å². The molecule has 4 rings (SSSR count). The maximum atomic E-state index is 12.4. The minimum absolute atomic E-state index is 0.318. The lowest BCUT2D eigenvalue weighted by molar-refractivity contribution is -0.248. The van der Waals surface area contributed by atoms with E-state index in [1.165, 1.54) is 11.3 Å². The summed E-state index contributed by atoms with van der Waals surface area (Å²) in [5.74, 6) is -1.23. The number of carbonyl (C=O) groups is 1. The van der Waals surface area contributed by atoms with Gasteiger partial charge in [0.2, 0.25) is 5.79 Å². The van der Waals surface area contributed by atoms with E-state index in [0.29, 0.717) is 23.6 Å². The van der Waals surface area contributed by atoms with Crippen molar-refractivity contribution in [2.24, 2.45) is 0 Å². The van der Waals surface area contributed by atoms with Gasteiger partial charge in [0.1, 0.15) is 0 Å². The quantitative estimate of drug-likeness (QED) is 0.786. The van der Waals surface area contributed by atoms with E-state index in [4.69, 9.17) is 21.1 Å². The largest absolute Gasteiger partial charge is 0.425 e. The van der Waals surface area contributed by atoms with Gasteiger partial charge in [0, 0.05) is 21.9 Å². The van der Waals surface area contributed by atoms with Gasteiger partial charge >= 0.3 is 5.97 Å². The summed E-state index contributed by atoms with van der Waals surface area (Å²) in [6.45, 7) is 0.599. The molecule has 1 aromatic heterocycles. The van der Waals surface area contributed by atoms with Gasteiger partial charge in [0.05, 0.1) is 12.2 Å². The highest BCUT2D eigenvalue weighted by molar-refractivity contribution is 7.11. The molecule has 2 aromatic rings. The van der Waals surface area contributed by atoms with E-state index in [-0.39, 0.29) is 5.97 Å². The molecule has 0 amide bonds. The van der Waals surface area contributed by atoms with Crippen LogP contribution in [0.15, 0.2) is 41.8 Å². The summed E-state index contributed by atoms with van der Waals surface area (Å²) < 4.78 is 11.2. The fraction of sp³-hybridized carbons (Fsp3) is 0.188. The number of benzene rings is 1. The molecule has 3 heterocycles. The van der Waals surface area contributed by atoms with Crippen molar-refractivity contribution < 1.29 is 14.3 Å².